The fraction of sp³-hybridized carbons (Fsp3) is 0.412. The highest BCUT2D eigenvalue weighted by molar-refractivity contribution is 7.89. The predicted octanol–water partition coefficient (Wildman–Crippen LogP) is 2.45. The summed E-state index contributed by atoms with van der Waals surface area (Å²) in [5.74, 6) is 0.408. The molecule has 5 nitrogen and oxygen atoms in total. The van der Waals surface area contributed by atoms with E-state index < -0.39 is 23.1 Å². The number of sulfonamides is 1. The maximum atomic E-state index is 13.0. The number of nitrogens with zero attached hydrogens (tertiary/aromatic N) is 1. The molecule has 0 aliphatic carbocycles. The van der Waals surface area contributed by atoms with E-state index in [1.807, 2.05) is 0 Å². The predicted molar refractivity (Wildman–Crippen MR) is 91.4 cm³/mol. The van der Waals surface area contributed by atoms with Gasteiger partial charge in [0.1, 0.15) is 12.4 Å². The Hall–Kier alpha value is -1.77. The summed E-state index contributed by atoms with van der Waals surface area (Å²) in [5.41, 5.74) is 5.65. The van der Waals surface area contributed by atoms with Crippen molar-refractivity contribution >= 4 is 20.8 Å². The second-order valence-corrected chi connectivity index (χ2v) is 7.97. The van der Waals surface area contributed by atoms with Gasteiger partial charge in [0.15, 0.2) is 0 Å². The van der Waals surface area contributed by atoms with Crippen LogP contribution in [-0.4, -0.2) is 45.4 Å². The van der Waals surface area contributed by atoms with E-state index in [0.717, 1.165) is 6.42 Å². The molecule has 1 aliphatic rings. The summed E-state index contributed by atoms with van der Waals surface area (Å²) in [5, 5.41) is 0.962. The van der Waals surface area contributed by atoms with E-state index in [-0.39, 0.29) is 16.6 Å². The molecule has 136 valence electrons. The molecule has 1 atom stereocenters. The summed E-state index contributed by atoms with van der Waals surface area (Å²) in [6.07, 6.45) is -1.86. The van der Waals surface area contributed by atoms with E-state index >= 15 is 0 Å². The zero-order valence-electron chi connectivity index (χ0n) is 13.6. The second kappa shape index (κ2) is 7.23. The molecule has 0 saturated carbocycles. The van der Waals surface area contributed by atoms with Crippen molar-refractivity contribution < 1.29 is 21.9 Å². The van der Waals surface area contributed by atoms with E-state index in [0.29, 0.717) is 30.4 Å². The van der Waals surface area contributed by atoms with E-state index in [1.54, 1.807) is 24.3 Å². The van der Waals surface area contributed by atoms with Crippen molar-refractivity contribution in [3.63, 3.8) is 0 Å². The highest BCUT2D eigenvalue weighted by Gasteiger charge is 2.33. The Bertz CT molecular complexity index is 858. The van der Waals surface area contributed by atoms with Gasteiger partial charge >= 0.3 is 0 Å². The first-order valence-corrected chi connectivity index (χ1v) is 9.50. The molecule has 2 N–H and O–H groups in total. The van der Waals surface area contributed by atoms with Gasteiger partial charge in [0.05, 0.1) is 4.90 Å². The van der Waals surface area contributed by atoms with Gasteiger partial charge in [-0.1, -0.05) is 24.3 Å². The zero-order chi connectivity index (χ0) is 18.0. The molecule has 2 aromatic rings. The fourth-order valence-corrected chi connectivity index (χ4v) is 4.82. The molecule has 3 rings (SSSR count). The Labute approximate surface area is 145 Å². The first-order valence-electron chi connectivity index (χ1n) is 8.06. The lowest BCUT2D eigenvalue weighted by atomic mass is 10.1. The molecule has 2 aromatic carbocycles. The molecule has 1 heterocycles. The summed E-state index contributed by atoms with van der Waals surface area (Å²) >= 11 is 0. The molecule has 0 bridgehead atoms. The van der Waals surface area contributed by atoms with Crippen molar-refractivity contribution in [3.05, 3.63) is 36.4 Å². The van der Waals surface area contributed by atoms with Gasteiger partial charge in [0, 0.05) is 23.9 Å². The van der Waals surface area contributed by atoms with Crippen LogP contribution in [0.2, 0.25) is 0 Å². The summed E-state index contributed by atoms with van der Waals surface area (Å²) in [4.78, 5) is 0.158. The van der Waals surface area contributed by atoms with Gasteiger partial charge in [0.2, 0.25) is 10.0 Å². The number of fused-ring (bicyclic) bond motifs is 1. The van der Waals surface area contributed by atoms with E-state index in [2.05, 4.69) is 0 Å². The van der Waals surface area contributed by atoms with Crippen molar-refractivity contribution in [2.24, 2.45) is 11.7 Å². The minimum atomic E-state index is -3.68. The molecule has 0 radical (unpaired) electrons. The molecule has 0 aromatic heterocycles. The van der Waals surface area contributed by atoms with Crippen LogP contribution < -0.4 is 10.5 Å². The number of nitrogens with two attached hydrogens (primary N) is 1. The number of halogens is 2. The SMILES string of the molecule is NCC1CCN(S(=O)(=O)c2ccc(OCC(F)F)c3ccccc23)C1. The van der Waals surface area contributed by atoms with Crippen LogP contribution in [-0.2, 0) is 10.0 Å². The lowest BCUT2D eigenvalue weighted by Crippen LogP contribution is -2.30. The molecule has 0 spiro atoms. The maximum absolute atomic E-state index is 13.0. The molecule has 1 fully saturated rings. The molecule has 0 amide bonds. The van der Waals surface area contributed by atoms with Crippen LogP contribution in [0.25, 0.3) is 10.8 Å². The average Bonchev–Trinajstić information content (AvgIpc) is 3.09. The van der Waals surface area contributed by atoms with Gasteiger partial charge < -0.3 is 10.5 Å². The van der Waals surface area contributed by atoms with Crippen molar-refractivity contribution in [2.45, 2.75) is 17.7 Å². The van der Waals surface area contributed by atoms with Gasteiger partial charge in [-0.15, -0.1) is 0 Å². The first-order chi connectivity index (χ1) is 11.9. The van der Waals surface area contributed by atoms with Crippen molar-refractivity contribution in [3.8, 4) is 5.75 Å². The Morgan fingerprint density at radius 2 is 1.92 bits per heavy atom. The number of hydrogen-bond donors (Lipinski definition) is 1. The Kier molecular flexibility index (Phi) is 5.21. The Balaban J connectivity index is 2.01. The number of rotatable bonds is 6. The van der Waals surface area contributed by atoms with Crippen LogP contribution in [0.1, 0.15) is 6.42 Å². The lowest BCUT2D eigenvalue weighted by Gasteiger charge is -2.19. The van der Waals surface area contributed by atoms with E-state index in [4.69, 9.17) is 10.5 Å². The third-order valence-corrected chi connectivity index (χ3v) is 6.33. The highest BCUT2D eigenvalue weighted by Crippen LogP contribution is 2.34. The van der Waals surface area contributed by atoms with Crippen molar-refractivity contribution in [1.29, 1.82) is 0 Å². The molecule has 8 heteroatoms. The zero-order valence-corrected chi connectivity index (χ0v) is 14.4. The number of benzene rings is 2. The number of hydrogen-bond acceptors (Lipinski definition) is 4. The standard InChI is InChI=1S/C17H20F2N2O3S/c18-17(19)11-24-15-5-6-16(14-4-2-1-3-13(14)15)25(22,23)21-8-7-12(9-20)10-21/h1-6,12,17H,7-11,20H2. The maximum Gasteiger partial charge on any atom is 0.272 e. The summed E-state index contributed by atoms with van der Waals surface area (Å²) in [6, 6.07) is 9.62. The molecular formula is C17H20F2N2O3S. The molecule has 1 aliphatic heterocycles. The van der Waals surface area contributed by atoms with Crippen LogP contribution in [0.5, 0.6) is 5.75 Å². The number of ether oxygens (including phenoxy) is 1. The molecular weight excluding hydrogens is 350 g/mol. The van der Waals surface area contributed by atoms with E-state index in [9.17, 15) is 17.2 Å². The minimum absolute atomic E-state index is 0.158. The quantitative estimate of drug-likeness (QED) is 0.848. The Morgan fingerprint density at radius 3 is 2.56 bits per heavy atom. The Morgan fingerprint density at radius 1 is 1.20 bits per heavy atom. The smallest absolute Gasteiger partial charge is 0.272 e. The van der Waals surface area contributed by atoms with Crippen LogP contribution in [0.3, 0.4) is 0 Å². The van der Waals surface area contributed by atoms with Crippen LogP contribution in [0.15, 0.2) is 41.3 Å². The van der Waals surface area contributed by atoms with Gasteiger partial charge in [-0.25, -0.2) is 17.2 Å². The fourth-order valence-electron chi connectivity index (χ4n) is 3.09. The second-order valence-electron chi connectivity index (χ2n) is 6.06. The molecule has 1 saturated heterocycles. The highest BCUT2D eigenvalue weighted by atomic mass is 32.2. The van der Waals surface area contributed by atoms with Crippen LogP contribution in [0.4, 0.5) is 8.78 Å². The summed E-state index contributed by atoms with van der Waals surface area (Å²) in [6.45, 7) is 0.548. The lowest BCUT2D eigenvalue weighted by molar-refractivity contribution is 0.0826. The first kappa shape index (κ1) is 18.0. The molecule has 1 unspecified atom stereocenters. The monoisotopic (exact) mass is 370 g/mol. The van der Waals surface area contributed by atoms with Crippen LogP contribution in [0, 0.1) is 5.92 Å². The number of alkyl halides is 2. The average molecular weight is 370 g/mol. The van der Waals surface area contributed by atoms with Crippen molar-refractivity contribution in [2.75, 3.05) is 26.2 Å². The normalized spacial score (nSPS) is 19.0. The van der Waals surface area contributed by atoms with E-state index in [1.165, 1.54) is 16.4 Å². The molecule has 25 heavy (non-hydrogen) atoms. The van der Waals surface area contributed by atoms with Crippen molar-refractivity contribution in [1.82, 2.24) is 4.31 Å². The van der Waals surface area contributed by atoms with Gasteiger partial charge in [-0.3, -0.25) is 0 Å². The van der Waals surface area contributed by atoms with Gasteiger partial charge in [0.25, 0.3) is 6.43 Å². The van der Waals surface area contributed by atoms with Gasteiger partial charge in [-0.05, 0) is 31.0 Å². The summed E-state index contributed by atoms with van der Waals surface area (Å²) in [7, 11) is -3.68. The third kappa shape index (κ3) is 3.61. The van der Waals surface area contributed by atoms with Gasteiger partial charge in [-0.2, -0.15) is 4.31 Å². The third-order valence-electron chi connectivity index (χ3n) is 4.41. The topological polar surface area (TPSA) is 72.6 Å². The summed E-state index contributed by atoms with van der Waals surface area (Å²) < 4.78 is 57.4. The minimum Gasteiger partial charge on any atom is -0.487 e. The largest absolute Gasteiger partial charge is 0.487 e. The van der Waals surface area contributed by atoms with Crippen LogP contribution >= 0.6 is 0 Å².